The quantitative estimate of drug-likeness (QED) is 0.772. The van der Waals surface area contributed by atoms with Crippen LogP contribution in [0.2, 0.25) is 0 Å². The molecule has 18 heavy (non-hydrogen) atoms. The first-order chi connectivity index (χ1) is 8.50. The number of likely N-dealkylation sites (tertiary alicyclic amines) is 1. The van der Waals surface area contributed by atoms with Gasteiger partial charge in [-0.05, 0) is 25.3 Å². The standard InChI is InChI=1S/C13H22N2O3/c1-8-4-3-5-14-11(8)12(16)15-6-10(7-15)9(2)13(17)18/h8-11,14H,3-7H2,1-2H3,(H,17,18). The zero-order valence-electron chi connectivity index (χ0n) is 11.1. The second kappa shape index (κ2) is 5.26. The van der Waals surface area contributed by atoms with Gasteiger partial charge in [0.25, 0.3) is 0 Å². The van der Waals surface area contributed by atoms with Crippen LogP contribution in [0.3, 0.4) is 0 Å². The number of carboxylic acid groups (broad SMARTS) is 1. The molecule has 0 saturated carbocycles. The minimum Gasteiger partial charge on any atom is -0.481 e. The van der Waals surface area contributed by atoms with Crippen molar-refractivity contribution in [3.63, 3.8) is 0 Å². The molecule has 3 atom stereocenters. The smallest absolute Gasteiger partial charge is 0.306 e. The van der Waals surface area contributed by atoms with Crippen LogP contribution in [0.25, 0.3) is 0 Å². The monoisotopic (exact) mass is 254 g/mol. The van der Waals surface area contributed by atoms with Crippen molar-refractivity contribution in [3.8, 4) is 0 Å². The molecule has 0 spiro atoms. The predicted octanol–water partition coefficient (Wildman–Crippen LogP) is 0.554. The van der Waals surface area contributed by atoms with Gasteiger partial charge in [0.15, 0.2) is 0 Å². The topological polar surface area (TPSA) is 69.6 Å². The first kappa shape index (κ1) is 13.3. The second-order valence-electron chi connectivity index (χ2n) is 5.68. The lowest BCUT2D eigenvalue weighted by molar-refractivity contribution is -0.152. The van der Waals surface area contributed by atoms with Crippen LogP contribution in [0.1, 0.15) is 26.7 Å². The van der Waals surface area contributed by atoms with E-state index < -0.39 is 5.97 Å². The number of piperidine rings is 1. The van der Waals surface area contributed by atoms with Crippen molar-refractivity contribution >= 4 is 11.9 Å². The number of aliphatic carboxylic acids is 1. The lowest BCUT2D eigenvalue weighted by Crippen LogP contribution is -2.60. The van der Waals surface area contributed by atoms with E-state index in [1.807, 2.05) is 0 Å². The number of rotatable bonds is 3. The van der Waals surface area contributed by atoms with Crippen LogP contribution in [-0.4, -0.2) is 47.6 Å². The molecule has 0 aromatic carbocycles. The lowest BCUT2D eigenvalue weighted by Gasteiger charge is -2.44. The molecule has 1 amide bonds. The third-order valence-corrected chi connectivity index (χ3v) is 4.35. The van der Waals surface area contributed by atoms with Crippen molar-refractivity contribution in [1.29, 1.82) is 0 Å². The SMILES string of the molecule is CC1CCCNC1C(=O)N1CC(C(C)C(=O)O)C1. The van der Waals surface area contributed by atoms with Crippen LogP contribution in [0.4, 0.5) is 0 Å². The van der Waals surface area contributed by atoms with E-state index in [0.717, 1.165) is 19.4 Å². The average Bonchev–Trinajstić information content (AvgIpc) is 2.27. The zero-order valence-corrected chi connectivity index (χ0v) is 11.1. The number of amides is 1. The molecule has 0 aromatic rings. The molecular formula is C13H22N2O3. The number of carbonyl (C=O) groups is 2. The normalized spacial score (nSPS) is 30.7. The first-order valence-corrected chi connectivity index (χ1v) is 6.75. The summed E-state index contributed by atoms with van der Waals surface area (Å²) in [6.45, 7) is 5.92. The van der Waals surface area contributed by atoms with E-state index in [-0.39, 0.29) is 23.8 Å². The summed E-state index contributed by atoms with van der Waals surface area (Å²) in [5.74, 6) is -0.481. The summed E-state index contributed by atoms with van der Waals surface area (Å²) in [5, 5.41) is 12.2. The minimum atomic E-state index is -0.767. The molecule has 2 rings (SSSR count). The second-order valence-corrected chi connectivity index (χ2v) is 5.68. The van der Waals surface area contributed by atoms with Crippen molar-refractivity contribution in [2.45, 2.75) is 32.7 Å². The fraction of sp³-hybridized carbons (Fsp3) is 0.846. The maximum atomic E-state index is 12.2. The Balaban J connectivity index is 1.84. The van der Waals surface area contributed by atoms with Crippen LogP contribution in [-0.2, 0) is 9.59 Å². The molecule has 2 aliphatic heterocycles. The highest BCUT2D eigenvalue weighted by molar-refractivity contribution is 5.83. The van der Waals surface area contributed by atoms with Crippen LogP contribution in [0.15, 0.2) is 0 Å². The molecule has 2 fully saturated rings. The molecule has 2 aliphatic rings. The molecule has 3 unspecified atom stereocenters. The van der Waals surface area contributed by atoms with Gasteiger partial charge in [-0.25, -0.2) is 0 Å². The molecule has 2 heterocycles. The van der Waals surface area contributed by atoms with Crippen molar-refractivity contribution < 1.29 is 14.7 Å². The number of hydrogen-bond donors (Lipinski definition) is 2. The summed E-state index contributed by atoms with van der Waals surface area (Å²) in [4.78, 5) is 24.9. The number of carbonyl (C=O) groups excluding carboxylic acids is 1. The molecule has 5 nitrogen and oxygen atoms in total. The highest BCUT2D eigenvalue weighted by Gasteiger charge is 2.40. The molecule has 0 aromatic heterocycles. The van der Waals surface area contributed by atoms with Crippen LogP contribution in [0, 0.1) is 17.8 Å². The summed E-state index contributed by atoms with van der Waals surface area (Å²) in [6.07, 6.45) is 2.22. The fourth-order valence-electron chi connectivity index (χ4n) is 2.79. The fourth-order valence-corrected chi connectivity index (χ4v) is 2.79. The minimum absolute atomic E-state index is 0.0696. The molecule has 2 N–H and O–H groups in total. The Hall–Kier alpha value is -1.10. The van der Waals surface area contributed by atoms with Gasteiger partial charge in [0.2, 0.25) is 5.91 Å². The summed E-state index contributed by atoms with van der Waals surface area (Å²) in [6, 6.07) is -0.0696. The van der Waals surface area contributed by atoms with Gasteiger partial charge in [0.1, 0.15) is 0 Å². The molecule has 0 aliphatic carbocycles. The molecule has 5 heteroatoms. The molecule has 0 bridgehead atoms. The molecule has 2 saturated heterocycles. The number of hydrogen-bond acceptors (Lipinski definition) is 3. The van der Waals surface area contributed by atoms with Crippen molar-refractivity contribution in [2.75, 3.05) is 19.6 Å². The largest absolute Gasteiger partial charge is 0.481 e. The van der Waals surface area contributed by atoms with Gasteiger partial charge in [-0.3, -0.25) is 9.59 Å². The van der Waals surface area contributed by atoms with Gasteiger partial charge in [0.05, 0.1) is 12.0 Å². The Morgan fingerprint density at radius 3 is 2.61 bits per heavy atom. The van der Waals surface area contributed by atoms with E-state index in [4.69, 9.17) is 5.11 Å². The van der Waals surface area contributed by atoms with Gasteiger partial charge in [-0.15, -0.1) is 0 Å². The Bertz CT molecular complexity index is 339. The van der Waals surface area contributed by atoms with Gasteiger partial charge in [0, 0.05) is 19.0 Å². The average molecular weight is 254 g/mol. The summed E-state index contributed by atoms with van der Waals surface area (Å²) in [5.41, 5.74) is 0. The molecular weight excluding hydrogens is 232 g/mol. The van der Waals surface area contributed by atoms with Crippen LogP contribution < -0.4 is 5.32 Å². The van der Waals surface area contributed by atoms with Gasteiger partial charge in [-0.2, -0.15) is 0 Å². The van der Waals surface area contributed by atoms with E-state index in [9.17, 15) is 9.59 Å². The maximum Gasteiger partial charge on any atom is 0.306 e. The van der Waals surface area contributed by atoms with Crippen molar-refractivity contribution in [3.05, 3.63) is 0 Å². The number of nitrogens with one attached hydrogen (secondary N) is 1. The highest BCUT2D eigenvalue weighted by Crippen LogP contribution is 2.27. The van der Waals surface area contributed by atoms with E-state index in [1.165, 1.54) is 0 Å². The Labute approximate surface area is 108 Å². The Morgan fingerprint density at radius 2 is 2.06 bits per heavy atom. The maximum absolute atomic E-state index is 12.2. The molecule has 102 valence electrons. The lowest BCUT2D eigenvalue weighted by atomic mass is 9.85. The van der Waals surface area contributed by atoms with Crippen LogP contribution >= 0.6 is 0 Å². The molecule has 0 radical (unpaired) electrons. The van der Waals surface area contributed by atoms with Crippen LogP contribution in [0.5, 0.6) is 0 Å². The van der Waals surface area contributed by atoms with E-state index >= 15 is 0 Å². The van der Waals surface area contributed by atoms with E-state index in [1.54, 1.807) is 11.8 Å². The third-order valence-electron chi connectivity index (χ3n) is 4.35. The van der Waals surface area contributed by atoms with Crippen molar-refractivity contribution in [1.82, 2.24) is 10.2 Å². The Morgan fingerprint density at radius 1 is 1.39 bits per heavy atom. The van der Waals surface area contributed by atoms with Gasteiger partial charge in [-0.1, -0.05) is 13.8 Å². The van der Waals surface area contributed by atoms with E-state index in [2.05, 4.69) is 12.2 Å². The zero-order chi connectivity index (χ0) is 13.3. The summed E-state index contributed by atoms with van der Waals surface area (Å²) in [7, 11) is 0. The van der Waals surface area contributed by atoms with E-state index in [0.29, 0.717) is 19.0 Å². The first-order valence-electron chi connectivity index (χ1n) is 6.75. The third kappa shape index (κ3) is 2.51. The number of nitrogens with zero attached hydrogens (tertiary/aromatic N) is 1. The Kier molecular flexibility index (Phi) is 3.90. The van der Waals surface area contributed by atoms with Gasteiger partial charge >= 0.3 is 5.97 Å². The highest BCUT2D eigenvalue weighted by atomic mass is 16.4. The summed E-state index contributed by atoms with van der Waals surface area (Å²) >= 11 is 0. The van der Waals surface area contributed by atoms with Gasteiger partial charge < -0.3 is 15.3 Å². The summed E-state index contributed by atoms with van der Waals surface area (Å²) < 4.78 is 0. The van der Waals surface area contributed by atoms with Crippen molar-refractivity contribution in [2.24, 2.45) is 17.8 Å². The number of carboxylic acids is 1. The predicted molar refractivity (Wildman–Crippen MR) is 67.1 cm³/mol.